The molecule has 4 aliphatic carbocycles. The van der Waals surface area contributed by atoms with E-state index in [0.717, 1.165) is 42.0 Å². The molecule has 0 saturated carbocycles. The molecule has 1 unspecified atom stereocenters. The summed E-state index contributed by atoms with van der Waals surface area (Å²) in [5.41, 5.74) is 27.1. The van der Waals surface area contributed by atoms with E-state index in [1.165, 1.54) is 94.8 Å². The molecule has 2 heteroatoms. The standard InChI is InChI=1S/C75H66N2/c1-7-75(8-2)71-47-53(31-29-51-33-39-61-63-43-37-59(49-69(63)73(3,4)67(61)45-51)76(55-21-13-9-14-22-55)56-23-15-10-16-24-56)35-41-65(71)66-42-36-54(48-72(66)75)32-30-52-34-40-62-64-44-38-60(50-70(64)74(5,6)68(62)46-52)77(57-25-17-11-18-26-57)58-27-19-12-20-28-58/h9-33,35-50,52H,7-8,34H2,1-6H3/b31-29+,32-30+. The van der Waals surface area contributed by atoms with Crippen LogP contribution in [0, 0.1) is 5.92 Å². The van der Waals surface area contributed by atoms with Gasteiger partial charge in [-0.05, 0) is 181 Å². The van der Waals surface area contributed by atoms with E-state index in [4.69, 9.17) is 0 Å². The molecule has 77 heavy (non-hydrogen) atoms. The predicted molar refractivity (Wildman–Crippen MR) is 328 cm³/mol. The summed E-state index contributed by atoms with van der Waals surface area (Å²) in [5.74, 6) is 0.324. The van der Waals surface area contributed by atoms with Gasteiger partial charge in [-0.25, -0.2) is 0 Å². The fourth-order valence-electron chi connectivity index (χ4n) is 13.6. The minimum absolute atomic E-state index is 0.0449. The van der Waals surface area contributed by atoms with Gasteiger partial charge in [0.05, 0.1) is 0 Å². The fraction of sp³-hybridized carbons (Fsp3) is 0.173. The van der Waals surface area contributed by atoms with Gasteiger partial charge in [0.2, 0.25) is 0 Å². The van der Waals surface area contributed by atoms with Gasteiger partial charge in [0, 0.05) is 50.4 Å². The van der Waals surface area contributed by atoms with Crippen LogP contribution in [0.3, 0.4) is 0 Å². The average molecular weight is 995 g/mol. The first-order chi connectivity index (χ1) is 37.6. The third-order valence-corrected chi connectivity index (χ3v) is 17.8. The summed E-state index contributed by atoms with van der Waals surface area (Å²) < 4.78 is 0. The highest BCUT2D eigenvalue weighted by Crippen LogP contribution is 2.56. The minimum atomic E-state index is -0.160. The van der Waals surface area contributed by atoms with Crippen molar-refractivity contribution in [2.45, 2.75) is 77.0 Å². The normalized spacial score (nSPS) is 16.7. The Morgan fingerprint density at radius 3 is 1.22 bits per heavy atom. The second-order valence-corrected chi connectivity index (χ2v) is 22.7. The lowest BCUT2D eigenvalue weighted by molar-refractivity contribution is 0.490. The van der Waals surface area contributed by atoms with Crippen molar-refractivity contribution in [3.8, 4) is 22.3 Å². The lowest BCUT2D eigenvalue weighted by Gasteiger charge is -2.30. The molecule has 0 fully saturated rings. The Balaban J connectivity index is 0.741. The molecule has 2 nitrogen and oxygen atoms in total. The first-order valence-corrected chi connectivity index (χ1v) is 27.9. The van der Waals surface area contributed by atoms with Gasteiger partial charge >= 0.3 is 0 Å². The van der Waals surface area contributed by atoms with Crippen molar-refractivity contribution in [2.24, 2.45) is 5.92 Å². The van der Waals surface area contributed by atoms with Crippen LogP contribution in [0.1, 0.15) is 111 Å². The lowest BCUT2D eigenvalue weighted by Crippen LogP contribution is -2.23. The van der Waals surface area contributed by atoms with Gasteiger partial charge in [-0.1, -0.05) is 218 Å². The molecule has 9 aromatic carbocycles. The SMILES string of the molecule is CCC1(CC)c2cc(/C=C/c3ccc4c(c3)C(C)(C)c3cc(N(c5ccccc5)c5ccccc5)ccc3-4)ccc2-c2ccc(/C=C/C3C=C4C(=CC3)c3ccc(N(c5ccccc5)c5ccccc5)cc3C4(C)C)cc21. The van der Waals surface area contributed by atoms with Crippen molar-refractivity contribution in [1.29, 1.82) is 0 Å². The van der Waals surface area contributed by atoms with E-state index < -0.39 is 0 Å². The van der Waals surface area contributed by atoms with Crippen LogP contribution >= 0.6 is 0 Å². The maximum Gasteiger partial charge on any atom is 0.0465 e. The highest BCUT2D eigenvalue weighted by molar-refractivity contribution is 5.93. The largest absolute Gasteiger partial charge is 0.310 e. The van der Waals surface area contributed by atoms with Crippen LogP contribution in [-0.2, 0) is 16.2 Å². The number of hydrogen-bond acceptors (Lipinski definition) is 2. The van der Waals surface area contributed by atoms with Gasteiger partial charge in [-0.3, -0.25) is 0 Å². The van der Waals surface area contributed by atoms with Crippen LogP contribution < -0.4 is 9.80 Å². The van der Waals surface area contributed by atoms with Crippen LogP contribution in [0.2, 0.25) is 0 Å². The number of anilines is 6. The molecule has 13 rings (SSSR count). The van der Waals surface area contributed by atoms with E-state index in [0.29, 0.717) is 5.92 Å². The Labute approximate surface area is 456 Å². The van der Waals surface area contributed by atoms with Crippen molar-refractivity contribution >= 4 is 57.9 Å². The van der Waals surface area contributed by atoms with E-state index >= 15 is 0 Å². The zero-order valence-corrected chi connectivity index (χ0v) is 45.3. The van der Waals surface area contributed by atoms with Crippen molar-refractivity contribution < 1.29 is 0 Å². The van der Waals surface area contributed by atoms with E-state index in [9.17, 15) is 0 Å². The average Bonchev–Trinajstić information content (AvgIpc) is 4.18. The maximum absolute atomic E-state index is 2.56. The number of benzene rings is 9. The summed E-state index contributed by atoms with van der Waals surface area (Å²) in [4.78, 5) is 4.74. The molecule has 0 heterocycles. The third kappa shape index (κ3) is 8.08. The monoisotopic (exact) mass is 995 g/mol. The van der Waals surface area contributed by atoms with Crippen molar-refractivity contribution in [1.82, 2.24) is 0 Å². The summed E-state index contributed by atoms with van der Waals surface area (Å²) in [5, 5.41) is 0. The Hall–Kier alpha value is -8.46. The molecule has 1 atom stereocenters. The van der Waals surface area contributed by atoms with Crippen molar-refractivity contribution in [3.05, 3.63) is 286 Å². The molecule has 0 bridgehead atoms. The predicted octanol–water partition coefficient (Wildman–Crippen LogP) is 20.5. The van der Waals surface area contributed by atoms with Crippen LogP contribution in [0.4, 0.5) is 34.1 Å². The second-order valence-electron chi connectivity index (χ2n) is 22.7. The molecule has 9 aromatic rings. The highest BCUT2D eigenvalue weighted by atomic mass is 15.1. The number of nitrogens with zero attached hydrogens (tertiary/aromatic N) is 2. The molecule has 0 amide bonds. The topological polar surface area (TPSA) is 6.48 Å². The van der Waals surface area contributed by atoms with Crippen molar-refractivity contribution in [3.63, 3.8) is 0 Å². The maximum atomic E-state index is 2.56. The third-order valence-electron chi connectivity index (χ3n) is 17.8. The Bertz CT molecular complexity index is 3770. The van der Waals surface area contributed by atoms with Gasteiger partial charge in [0.1, 0.15) is 0 Å². The molecule has 0 aliphatic heterocycles. The minimum Gasteiger partial charge on any atom is -0.310 e. The molecular formula is C75H66N2. The Kier molecular flexibility index (Phi) is 11.9. The summed E-state index contributed by atoms with van der Waals surface area (Å²) >= 11 is 0. The van der Waals surface area contributed by atoms with Gasteiger partial charge in [0.25, 0.3) is 0 Å². The molecule has 0 spiro atoms. The van der Waals surface area contributed by atoms with E-state index in [1.54, 1.807) is 0 Å². The second kappa shape index (κ2) is 19.0. The lowest BCUT2D eigenvalue weighted by atomic mass is 9.73. The molecule has 0 radical (unpaired) electrons. The number of allylic oxidation sites excluding steroid dienone is 5. The highest BCUT2D eigenvalue weighted by Gasteiger charge is 2.42. The molecule has 0 N–H and O–H groups in total. The molecule has 4 aliphatic rings. The number of hydrogen-bond donors (Lipinski definition) is 0. The smallest absolute Gasteiger partial charge is 0.0465 e. The van der Waals surface area contributed by atoms with Crippen LogP contribution in [0.25, 0.3) is 46.1 Å². The van der Waals surface area contributed by atoms with Crippen molar-refractivity contribution in [2.75, 3.05) is 9.80 Å². The fourth-order valence-corrected chi connectivity index (χ4v) is 13.6. The summed E-state index contributed by atoms with van der Waals surface area (Å²) in [6.45, 7) is 14.3. The summed E-state index contributed by atoms with van der Waals surface area (Å²) in [6, 6.07) is 78.5. The zero-order valence-electron chi connectivity index (χ0n) is 45.3. The van der Waals surface area contributed by atoms with Crippen LogP contribution in [-0.4, -0.2) is 0 Å². The van der Waals surface area contributed by atoms with Gasteiger partial charge in [0.15, 0.2) is 0 Å². The molecule has 0 aromatic heterocycles. The first-order valence-electron chi connectivity index (χ1n) is 27.9. The van der Waals surface area contributed by atoms with Crippen LogP contribution in [0.5, 0.6) is 0 Å². The van der Waals surface area contributed by atoms with Gasteiger partial charge < -0.3 is 9.80 Å². The quantitative estimate of drug-likeness (QED) is 0.113. The zero-order chi connectivity index (χ0) is 52.5. The van der Waals surface area contributed by atoms with E-state index in [2.05, 4.69) is 300 Å². The van der Waals surface area contributed by atoms with Gasteiger partial charge in [-0.2, -0.15) is 0 Å². The number of fused-ring (bicyclic) bond motifs is 9. The molecular weight excluding hydrogens is 929 g/mol. The number of para-hydroxylation sites is 4. The summed E-state index contributed by atoms with van der Waals surface area (Å²) in [7, 11) is 0. The van der Waals surface area contributed by atoms with Gasteiger partial charge in [-0.15, -0.1) is 0 Å². The molecule has 0 saturated heterocycles. The molecule has 376 valence electrons. The first kappa shape index (κ1) is 48.2. The Morgan fingerprint density at radius 2 is 0.766 bits per heavy atom. The van der Waals surface area contributed by atoms with E-state index in [-0.39, 0.29) is 16.2 Å². The summed E-state index contributed by atoms with van der Waals surface area (Å²) in [6.07, 6.45) is 17.6. The Morgan fingerprint density at radius 1 is 0.390 bits per heavy atom. The number of rotatable bonds is 12. The van der Waals surface area contributed by atoms with E-state index in [1.807, 2.05) is 0 Å². The van der Waals surface area contributed by atoms with Crippen LogP contribution in [0.15, 0.2) is 236 Å².